The number of nitrogens with one attached hydrogen (secondary N) is 1. The van der Waals surface area contributed by atoms with Gasteiger partial charge in [-0.3, -0.25) is 4.79 Å². The van der Waals surface area contributed by atoms with Gasteiger partial charge in [-0.2, -0.15) is 0 Å². The van der Waals surface area contributed by atoms with E-state index in [9.17, 15) is 9.18 Å². The number of para-hydroxylation sites is 1. The number of aromatic nitrogens is 2. The lowest BCUT2D eigenvalue weighted by Gasteiger charge is -2.36. The highest BCUT2D eigenvalue weighted by atomic mass is 19.1. The van der Waals surface area contributed by atoms with Gasteiger partial charge in [0.1, 0.15) is 18.0 Å². The molecule has 7 heteroatoms. The molecule has 1 saturated heterocycles. The molecule has 4 rings (SSSR count). The predicted molar refractivity (Wildman–Crippen MR) is 108 cm³/mol. The summed E-state index contributed by atoms with van der Waals surface area (Å²) in [5, 5.41) is 4.20. The van der Waals surface area contributed by atoms with Crippen LogP contribution in [0.3, 0.4) is 0 Å². The molecule has 1 N–H and O–H groups in total. The number of halogens is 1. The zero-order chi connectivity index (χ0) is 19.3. The van der Waals surface area contributed by atoms with Crippen LogP contribution in [0.15, 0.2) is 54.9 Å². The maximum Gasteiger partial charge on any atom is 0.224 e. The first-order chi connectivity index (χ1) is 13.7. The third-order valence-electron chi connectivity index (χ3n) is 5.00. The highest BCUT2D eigenvalue weighted by Gasteiger charge is 2.21. The van der Waals surface area contributed by atoms with E-state index < -0.39 is 0 Å². The summed E-state index contributed by atoms with van der Waals surface area (Å²) in [5.74, 6) is 0.644. The van der Waals surface area contributed by atoms with Gasteiger partial charge in [0.2, 0.25) is 5.91 Å². The van der Waals surface area contributed by atoms with Gasteiger partial charge in [-0.25, -0.2) is 14.4 Å². The highest BCUT2D eigenvalue weighted by molar-refractivity contribution is 5.88. The Bertz CT molecular complexity index is 949. The van der Waals surface area contributed by atoms with E-state index in [4.69, 9.17) is 0 Å². The molecular formula is C21H22FN5O. The normalized spacial score (nSPS) is 14.3. The van der Waals surface area contributed by atoms with Crippen LogP contribution in [0.25, 0.3) is 10.9 Å². The summed E-state index contributed by atoms with van der Waals surface area (Å²) >= 11 is 0. The Hall–Kier alpha value is -3.22. The second-order valence-electron chi connectivity index (χ2n) is 6.76. The lowest BCUT2D eigenvalue weighted by atomic mass is 10.2. The van der Waals surface area contributed by atoms with Gasteiger partial charge in [0, 0.05) is 50.2 Å². The van der Waals surface area contributed by atoms with E-state index in [1.807, 2.05) is 29.2 Å². The average Bonchev–Trinajstić information content (AvgIpc) is 2.74. The number of nitrogens with zero attached hydrogens (tertiary/aromatic N) is 4. The van der Waals surface area contributed by atoms with Crippen molar-refractivity contribution in [3.8, 4) is 0 Å². The number of piperazine rings is 1. The molecule has 2 heterocycles. The summed E-state index contributed by atoms with van der Waals surface area (Å²) in [7, 11) is 0. The average molecular weight is 379 g/mol. The summed E-state index contributed by atoms with van der Waals surface area (Å²) in [6.45, 7) is 3.38. The first kappa shape index (κ1) is 18.2. The first-order valence-corrected chi connectivity index (χ1v) is 9.42. The topological polar surface area (TPSA) is 61.4 Å². The van der Waals surface area contributed by atoms with E-state index in [0.717, 1.165) is 35.5 Å². The van der Waals surface area contributed by atoms with Crippen LogP contribution < -0.4 is 10.2 Å². The summed E-state index contributed by atoms with van der Waals surface area (Å²) in [5.41, 5.74) is 1.87. The van der Waals surface area contributed by atoms with E-state index in [-0.39, 0.29) is 11.7 Å². The van der Waals surface area contributed by atoms with Crippen LogP contribution in [0.4, 0.5) is 15.9 Å². The van der Waals surface area contributed by atoms with Crippen LogP contribution in [0.2, 0.25) is 0 Å². The van der Waals surface area contributed by atoms with Crippen LogP contribution >= 0.6 is 0 Å². The zero-order valence-electron chi connectivity index (χ0n) is 15.5. The number of hydrogen-bond donors (Lipinski definition) is 1. The maximum absolute atomic E-state index is 13.1. The molecule has 0 saturated carbocycles. The number of fused-ring (bicyclic) bond motifs is 1. The van der Waals surface area contributed by atoms with Crippen LogP contribution in [0.1, 0.15) is 6.42 Å². The van der Waals surface area contributed by atoms with Crippen LogP contribution in [0, 0.1) is 5.82 Å². The van der Waals surface area contributed by atoms with Crippen molar-refractivity contribution in [3.63, 3.8) is 0 Å². The van der Waals surface area contributed by atoms with Gasteiger partial charge >= 0.3 is 0 Å². The van der Waals surface area contributed by atoms with E-state index in [1.54, 1.807) is 12.1 Å². The van der Waals surface area contributed by atoms with Gasteiger partial charge in [0.05, 0.1) is 5.52 Å². The second kappa shape index (κ2) is 8.21. The van der Waals surface area contributed by atoms with Gasteiger partial charge in [-0.05, 0) is 36.4 Å². The molecule has 2 aromatic carbocycles. The predicted octanol–water partition coefficient (Wildman–Crippen LogP) is 2.92. The smallest absolute Gasteiger partial charge is 0.224 e. The van der Waals surface area contributed by atoms with Crippen LogP contribution in [-0.4, -0.2) is 53.5 Å². The lowest BCUT2D eigenvalue weighted by molar-refractivity contribution is -0.131. The first-order valence-electron chi connectivity index (χ1n) is 9.42. The van der Waals surface area contributed by atoms with Gasteiger partial charge in [-0.15, -0.1) is 0 Å². The Morgan fingerprint density at radius 1 is 1.00 bits per heavy atom. The van der Waals surface area contributed by atoms with E-state index in [2.05, 4.69) is 20.2 Å². The highest BCUT2D eigenvalue weighted by Crippen LogP contribution is 2.19. The number of benzene rings is 2. The Balaban J connectivity index is 1.27. The summed E-state index contributed by atoms with van der Waals surface area (Å²) < 4.78 is 13.1. The number of rotatable bonds is 5. The molecule has 28 heavy (non-hydrogen) atoms. The molecule has 0 unspecified atom stereocenters. The molecule has 1 fully saturated rings. The van der Waals surface area contributed by atoms with Crippen molar-refractivity contribution in [1.29, 1.82) is 0 Å². The summed E-state index contributed by atoms with van der Waals surface area (Å²) in [6.07, 6.45) is 1.94. The molecule has 0 radical (unpaired) electrons. The van der Waals surface area contributed by atoms with Crippen molar-refractivity contribution in [2.24, 2.45) is 0 Å². The molecule has 1 aliphatic rings. The lowest BCUT2D eigenvalue weighted by Crippen LogP contribution is -2.49. The molecule has 1 amide bonds. The monoisotopic (exact) mass is 379 g/mol. The minimum atomic E-state index is -0.235. The quantitative estimate of drug-likeness (QED) is 0.739. The Kier molecular flexibility index (Phi) is 5.32. The SMILES string of the molecule is O=C(CCNc1ncnc2ccccc12)N1CCN(c2ccc(F)cc2)CC1. The Morgan fingerprint density at radius 2 is 1.75 bits per heavy atom. The third kappa shape index (κ3) is 4.03. The number of carbonyl (C=O) groups is 1. The molecule has 0 bridgehead atoms. The number of anilines is 2. The largest absolute Gasteiger partial charge is 0.369 e. The van der Waals surface area contributed by atoms with Crippen molar-refractivity contribution in [3.05, 3.63) is 60.7 Å². The molecule has 0 aliphatic carbocycles. The summed E-state index contributed by atoms with van der Waals surface area (Å²) in [4.78, 5) is 25.1. The number of amides is 1. The van der Waals surface area contributed by atoms with Crippen molar-refractivity contribution >= 4 is 28.3 Å². The third-order valence-corrected chi connectivity index (χ3v) is 5.00. The molecule has 1 aliphatic heterocycles. The van der Waals surface area contributed by atoms with E-state index in [0.29, 0.717) is 26.1 Å². The minimum absolute atomic E-state index is 0.129. The number of hydrogen-bond acceptors (Lipinski definition) is 5. The Labute approximate surface area is 163 Å². The van der Waals surface area contributed by atoms with Crippen molar-refractivity contribution in [2.45, 2.75) is 6.42 Å². The van der Waals surface area contributed by atoms with Gasteiger partial charge < -0.3 is 15.1 Å². The van der Waals surface area contributed by atoms with Crippen molar-refractivity contribution < 1.29 is 9.18 Å². The molecule has 6 nitrogen and oxygen atoms in total. The van der Waals surface area contributed by atoms with Crippen molar-refractivity contribution in [1.82, 2.24) is 14.9 Å². The molecule has 3 aromatic rings. The van der Waals surface area contributed by atoms with Gasteiger partial charge in [-0.1, -0.05) is 12.1 Å². The molecule has 144 valence electrons. The van der Waals surface area contributed by atoms with Crippen LogP contribution in [0.5, 0.6) is 0 Å². The molecule has 0 spiro atoms. The van der Waals surface area contributed by atoms with E-state index in [1.165, 1.54) is 18.5 Å². The van der Waals surface area contributed by atoms with Gasteiger partial charge in [0.15, 0.2) is 0 Å². The molecular weight excluding hydrogens is 357 g/mol. The fourth-order valence-corrected chi connectivity index (χ4v) is 3.46. The van der Waals surface area contributed by atoms with E-state index >= 15 is 0 Å². The number of carbonyl (C=O) groups excluding carboxylic acids is 1. The van der Waals surface area contributed by atoms with Crippen molar-refractivity contribution in [2.75, 3.05) is 42.9 Å². The van der Waals surface area contributed by atoms with Crippen LogP contribution in [-0.2, 0) is 4.79 Å². The zero-order valence-corrected chi connectivity index (χ0v) is 15.5. The molecule has 0 atom stereocenters. The standard InChI is InChI=1S/C21H22FN5O/c22-16-5-7-17(8-6-16)26-11-13-27(14-12-26)20(28)9-10-23-21-18-3-1-2-4-19(18)24-15-25-21/h1-8,15H,9-14H2,(H,23,24,25). The van der Waals surface area contributed by atoms with Gasteiger partial charge in [0.25, 0.3) is 0 Å². The fourth-order valence-electron chi connectivity index (χ4n) is 3.46. The second-order valence-corrected chi connectivity index (χ2v) is 6.76. The maximum atomic E-state index is 13.1. The fraction of sp³-hybridized carbons (Fsp3) is 0.286. The minimum Gasteiger partial charge on any atom is -0.369 e. The Morgan fingerprint density at radius 3 is 2.54 bits per heavy atom. The summed E-state index contributed by atoms with van der Waals surface area (Å²) in [6, 6.07) is 14.3. The molecule has 1 aromatic heterocycles.